The van der Waals surface area contributed by atoms with Gasteiger partial charge in [-0.3, -0.25) is 4.79 Å². The maximum atomic E-state index is 11.2. The van der Waals surface area contributed by atoms with Gasteiger partial charge in [0, 0.05) is 18.9 Å². The number of rotatable bonds is 5. The van der Waals surface area contributed by atoms with Gasteiger partial charge in [0.05, 0.1) is 0 Å². The van der Waals surface area contributed by atoms with E-state index in [2.05, 4.69) is 4.90 Å². The summed E-state index contributed by atoms with van der Waals surface area (Å²) in [5.74, 6) is 1.11. The highest BCUT2D eigenvalue weighted by atomic mass is 16.5. The summed E-state index contributed by atoms with van der Waals surface area (Å²) in [4.78, 5) is 13.3. The molecule has 1 aromatic carbocycles. The Kier molecular flexibility index (Phi) is 3.67. The van der Waals surface area contributed by atoms with E-state index >= 15 is 0 Å². The largest absolute Gasteiger partial charge is 0.492 e. The van der Waals surface area contributed by atoms with Crippen LogP contribution in [0.15, 0.2) is 28.7 Å². The molecule has 0 spiro atoms. The Morgan fingerprint density at radius 3 is 2.78 bits per heavy atom. The van der Waals surface area contributed by atoms with E-state index in [0.29, 0.717) is 18.0 Å². The molecule has 0 aliphatic rings. The predicted octanol–water partition coefficient (Wildman–Crippen LogP) is 2.58. The van der Waals surface area contributed by atoms with Crippen LogP contribution in [0, 0.1) is 0 Å². The van der Waals surface area contributed by atoms with Crippen molar-refractivity contribution in [3.8, 4) is 5.75 Å². The van der Waals surface area contributed by atoms with Crippen molar-refractivity contribution < 1.29 is 13.9 Å². The monoisotopic (exact) mass is 247 g/mol. The molecule has 0 fully saturated rings. The van der Waals surface area contributed by atoms with Crippen LogP contribution in [0.2, 0.25) is 0 Å². The Hall–Kier alpha value is -1.81. The van der Waals surface area contributed by atoms with Crippen LogP contribution in [-0.4, -0.2) is 37.9 Å². The van der Waals surface area contributed by atoms with Crippen molar-refractivity contribution in [2.75, 3.05) is 27.2 Å². The Labute approximate surface area is 106 Å². The molecule has 2 rings (SSSR count). The lowest BCUT2D eigenvalue weighted by molar-refractivity contribution is 0.0989. The van der Waals surface area contributed by atoms with Gasteiger partial charge >= 0.3 is 0 Å². The van der Waals surface area contributed by atoms with Crippen LogP contribution in [0.5, 0.6) is 5.75 Å². The van der Waals surface area contributed by atoms with E-state index in [9.17, 15) is 4.79 Å². The summed E-state index contributed by atoms with van der Waals surface area (Å²) in [5, 5.41) is 0.891. The molecule has 1 heterocycles. The van der Waals surface area contributed by atoms with Crippen molar-refractivity contribution in [3.05, 3.63) is 30.0 Å². The van der Waals surface area contributed by atoms with Crippen LogP contribution in [0.1, 0.15) is 17.5 Å². The van der Waals surface area contributed by atoms with Gasteiger partial charge in [-0.2, -0.15) is 0 Å². The molecule has 4 nitrogen and oxygen atoms in total. The second-order valence-electron chi connectivity index (χ2n) is 4.52. The molecule has 0 radical (unpaired) electrons. The van der Waals surface area contributed by atoms with Crippen molar-refractivity contribution >= 4 is 16.8 Å². The maximum Gasteiger partial charge on any atom is 0.194 e. The minimum atomic E-state index is -0.0683. The first-order valence-electron chi connectivity index (χ1n) is 5.88. The molecule has 0 amide bonds. The highest BCUT2D eigenvalue weighted by Crippen LogP contribution is 2.24. The Balaban J connectivity index is 2.14. The first kappa shape index (κ1) is 12.6. The lowest BCUT2D eigenvalue weighted by Crippen LogP contribution is -2.19. The van der Waals surface area contributed by atoms with Crippen molar-refractivity contribution in [2.45, 2.75) is 6.92 Å². The van der Waals surface area contributed by atoms with E-state index in [1.807, 2.05) is 32.3 Å². The fourth-order valence-electron chi connectivity index (χ4n) is 1.63. The number of fused-ring (bicyclic) bond motifs is 1. The molecule has 0 bridgehead atoms. The standard InChI is InChI=1S/C14H17NO3/c1-10(16)14-9-11-8-12(4-5-13(11)18-14)17-7-6-15(2)3/h4-5,8-9H,6-7H2,1-3H3. The number of hydrogen-bond acceptors (Lipinski definition) is 4. The second kappa shape index (κ2) is 5.23. The van der Waals surface area contributed by atoms with Crippen LogP contribution < -0.4 is 4.74 Å². The quantitative estimate of drug-likeness (QED) is 0.762. The summed E-state index contributed by atoms with van der Waals surface area (Å²) in [5.41, 5.74) is 0.708. The number of furan rings is 1. The van der Waals surface area contributed by atoms with Gasteiger partial charge in [0.2, 0.25) is 0 Å². The summed E-state index contributed by atoms with van der Waals surface area (Å²) in [6, 6.07) is 7.32. The molecular formula is C14H17NO3. The van der Waals surface area contributed by atoms with Crippen LogP contribution in [0.25, 0.3) is 11.0 Å². The second-order valence-corrected chi connectivity index (χ2v) is 4.52. The number of benzene rings is 1. The summed E-state index contributed by atoms with van der Waals surface area (Å²) in [7, 11) is 4.00. The number of carbonyl (C=O) groups excluding carboxylic acids is 1. The summed E-state index contributed by atoms with van der Waals surface area (Å²) in [6.45, 7) is 2.99. The minimum absolute atomic E-state index is 0.0683. The highest BCUT2D eigenvalue weighted by molar-refractivity contribution is 5.96. The zero-order valence-electron chi connectivity index (χ0n) is 10.9. The molecule has 0 aliphatic carbocycles. The molecule has 0 aliphatic heterocycles. The number of likely N-dealkylation sites (N-methyl/N-ethyl adjacent to an activating group) is 1. The first-order valence-corrected chi connectivity index (χ1v) is 5.88. The number of carbonyl (C=O) groups is 1. The minimum Gasteiger partial charge on any atom is -0.492 e. The number of ketones is 1. The number of Topliss-reactive ketones (excluding diaryl/α,β-unsaturated/α-hetero) is 1. The molecule has 18 heavy (non-hydrogen) atoms. The fraction of sp³-hybridized carbons (Fsp3) is 0.357. The molecule has 0 saturated heterocycles. The number of nitrogens with zero attached hydrogens (tertiary/aromatic N) is 1. The summed E-state index contributed by atoms with van der Waals surface area (Å²) < 4.78 is 11.0. The zero-order valence-corrected chi connectivity index (χ0v) is 10.9. The van der Waals surface area contributed by atoms with Crippen LogP contribution in [0.3, 0.4) is 0 Å². The average Bonchev–Trinajstić information content (AvgIpc) is 2.71. The smallest absolute Gasteiger partial charge is 0.194 e. The highest BCUT2D eigenvalue weighted by Gasteiger charge is 2.08. The number of ether oxygens (including phenoxy) is 1. The lowest BCUT2D eigenvalue weighted by atomic mass is 10.2. The van der Waals surface area contributed by atoms with Crippen molar-refractivity contribution in [1.29, 1.82) is 0 Å². The third-order valence-electron chi connectivity index (χ3n) is 2.64. The van der Waals surface area contributed by atoms with E-state index in [4.69, 9.17) is 9.15 Å². The van der Waals surface area contributed by atoms with E-state index in [-0.39, 0.29) is 5.78 Å². The van der Waals surface area contributed by atoms with Crippen molar-refractivity contribution in [2.24, 2.45) is 0 Å². The molecule has 0 N–H and O–H groups in total. The van der Waals surface area contributed by atoms with Crippen molar-refractivity contribution in [1.82, 2.24) is 4.90 Å². The predicted molar refractivity (Wildman–Crippen MR) is 70.3 cm³/mol. The molecule has 4 heteroatoms. The van der Waals surface area contributed by atoms with Gasteiger partial charge in [0.15, 0.2) is 11.5 Å². The topological polar surface area (TPSA) is 42.7 Å². The van der Waals surface area contributed by atoms with Gasteiger partial charge in [0.1, 0.15) is 17.9 Å². The van der Waals surface area contributed by atoms with Crippen LogP contribution in [-0.2, 0) is 0 Å². The third-order valence-corrected chi connectivity index (χ3v) is 2.64. The third kappa shape index (κ3) is 2.90. The van der Waals surface area contributed by atoms with E-state index in [1.165, 1.54) is 6.92 Å². The molecule has 2 aromatic rings. The molecule has 1 aromatic heterocycles. The summed E-state index contributed by atoms with van der Waals surface area (Å²) >= 11 is 0. The fourth-order valence-corrected chi connectivity index (χ4v) is 1.63. The van der Waals surface area contributed by atoms with Gasteiger partial charge in [0.25, 0.3) is 0 Å². The molecular weight excluding hydrogens is 230 g/mol. The van der Waals surface area contributed by atoms with E-state index in [0.717, 1.165) is 17.7 Å². The Morgan fingerprint density at radius 2 is 2.11 bits per heavy atom. The van der Waals surface area contributed by atoms with Crippen LogP contribution >= 0.6 is 0 Å². The molecule has 0 atom stereocenters. The van der Waals surface area contributed by atoms with Gasteiger partial charge in [-0.25, -0.2) is 0 Å². The average molecular weight is 247 g/mol. The number of hydrogen-bond donors (Lipinski definition) is 0. The van der Waals surface area contributed by atoms with Gasteiger partial charge < -0.3 is 14.1 Å². The maximum absolute atomic E-state index is 11.2. The van der Waals surface area contributed by atoms with E-state index < -0.39 is 0 Å². The Morgan fingerprint density at radius 1 is 1.33 bits per heavy atom. The normalized spacial score (nSPS) is 11.1. The zero-order chi connectivity index (χ0) is 13.1. The Bertz CT molecular complexity index is 557. The molecule has 0 saturated carbocycles. The summed E-state index contributed by atoms with van der Waals surface area (Å²) in [6.07, 6.45) is 0. The van der Waals surface area contributed by atoms with Gasteiger partial charge in [-0.05, 0) is 38.4 Å². The lowest BCUT2D eigenvalue weighted by Gasteiger charge is -2.10. The van der Waals surface area contributed by atoms with E-state index in [1.54, 1.807) is 6.07 Å². The molecule has 96 valence electrons. The first-order chi connectivity index (χ1) is 8.56. The van der Waals surface area contributed by atoms with Gasteiger partial charge in [-0.1, -0.05) is 0 Å². The van der Waals surface area contributed by atoms with Gasteiger partial charge in [-0.15, -0.1) is 0 Å². The van der Waals surface area contributed by atoms with Crippen molar-refractivity contribution in [3.63, 3.8) is 0 Å². The molecule has 0 unspecified atom stereocenters. The van der Waals surface area contributed by atoms with Crippen LogP contribution in [0.4, 0.5) is 0 Å². The SMILES string of the molecule is CC(=O)c1cc2cc(OCCN(C)C)ccc2o1.